The van der Waals surface area contributed by atoms with Gasteiger partial charge in [0.15, 0.2) is 0 Å². The summed E-state index contributed by atoms with van der Waals surface area (Å²) < 4.78 is 30.2. The molecule has 0 spiro atoms. The van der Waals surface area contributed by atoms with Crippen LogP contribution in [0.4, 0.5) is 8.78 Å². The average Bonchev–Trinajstić information content (AvgIpc) is 2.89. The molecule has 0 fully saturated rings. The normalized spacial score (nSPS) is 11.1. The molecule has 1 aromatic carbocycles. The minimum atomic E-state index is -2.81. The molecule has 0 saturated carbocycles. The lowest BCUT2D eigenvalue weighted by Crippen LogP contribution is -2.14. The maximum absolute atomic E-state index is 12.4. The Morgan fingerprint density at radius 1 is 1.24 bits per heavy atom. The number of benzene rings is 1. The molecule has 0 saturated heterocycles. The van der Waals surface area contributed by atoms with Gasteiger partial charge in [-0.05, 0) is 41.6 Å². The lowest BCUT2D eigenvalue weighted by atomic mass is 10.2. The van der Waals surface area contributed by atoms with Crippen LogP contribution in [0, 0.1) is 0 Å². The second kappa shape index (κ2) is 7.87. The standard InChI is InChI=1S/C15H16BrF2NOS/c1-2-10-5-6-21-14(10)9-19-8-11-7-12(16)3-4-13(11)20-15(17)18/h3-7,15,19H,2,8-9H2,1H3. The number of hydrogen-bond donors (Lipinski definition) is 1. The Bertz CT molecular complexity index is 589. The lowest BCUT2D eigenvalue weighted by Gasteiger charge is -2.12. The summed E-state index contributed by atoms with van der Waals surface area (Å²) in [7, 11) is 0. The molecule has 0 amide bonds. The van der Waals surface area contributed by atoms with Crippen LogP contribution in [-0.2, 0) is 19.5 Å². The lowest BCUT2D eigenvalue weighted by molar-refractivity contribution is -0.0505. The quantitative estimate of drug-likeness (QED) is 0.737. The first kappa shape index (κ1) is 16.4. The highest BCUT2D eigenvalue weighted by Gasteiger charge is 2.10. The molecule has 2 rings (SSSR count). The zero-order valence-corrected chi connectivity index (χ0v) is 13.9. The van der Waals surface area contributed by atoms with E-state index in [1.54, 1.807) is 29.5 Å². The van der Waals surface area contributed by atoms with E-state index >= 15 is 0 Å². The van der Waals surface area contributed by atoms with Crippen molar-refractivity contribution in [3.63, 3.8) is 0 Å². The molecule has 0 aliphatic carbocycles. The summed E-state index contributed by atoms with van der Waals surface area (Å²) in [4.78, 5) is 1.28. The van der Waals surface area contributed by atoms with E-state index in [0.717, 1.165) is 17.4 Å². The number of nitrogens with one attached hydrogen (secondary N) is 1. The molecule has 0 aliphatic rings. The van der Waals surface area contributed by atoms with Crippen molar-refractivity contribution in [2.45, 2.75) is 33.0 Å². The predicted molar refractivity (Wildman–Crippen MR) is 85.0 cm³/mol. The van der Waals surface area contributed by atoms with Crippen molar-refractivity contribution >= 4 is 27.3 Å². The molecular formula is C15H16BrF2NOS. The summed E-state index contributed by atoms with van der Waals surface area (Å²) in [6.07, 6.45) is 0.997. The minimum absolute atomic E-state index is 0.211. The van der Waals surface area contributed by atoms with Crippen LogP contribution in [-0.4, -0.2) is 6.61 Å². The molecule has 0 aliphatic heterocycles. The van der Waals surface area contributed by atoms with Crippen LogP contribution in [0.15, 0.2) is 34.1 Å². The monoisotopic (exact) mass is 375 g/mol. The van der Waals surface area contributed by atoms with E-state index < -0.39 is 6.61 Å². The van der Waals surface area contributed by atoms with Gasteiger partial charge >= 0.3 is 6.61 Å². The number of alkyl halides is 2. The highest BCUT2D eigenvalue weighted by molar-refractivity contribution is 9.10. The second-order valence-corrected chi connectivity index (χ2v) is 6.37. The molecule has 2 nitrogen and oxygen atoms in total. The fraction of sp³-hybridized carbons (Fsp3) is 0.333. The third-order valence-corrected chi connectivity index (χ3v) is 4.51. The summed E-state index contributed by atoms with van der Waals surface area (Å²) in [6, 6.07) is 7.15. The Balaban J connectivity index is 2.00. The maximum atomic E-state index is 12.4. The molecule has 0 unspecified atom stereocenters. The predicted octanol–water partition coefficient (Wildman–Crippen LogP) is 4.96. The Hall–Kier alpha value is -0.980. The highest BCUT2D eigenvalue weighted by Crippen LogP contribution is 2.25. The van der Waals surface area contributed by atoms with Crippen LogP contribution in [0.5, 0.6) is 5.75 Å². The van der Waals surface area contributed by atoms with Gasteiger partial charge in [-0.3, -0.25) is 0 Å². The smallest absolute Gasteiger partial charge is 0.387 e. The van der Waals surface area contributed by atoms with Crippen LogP contribution in [0.25, 0.3) is 0 Å². The van der Waals surface area contributed by atoms with Gasteiger partial charge in [-0.15, -0.1) is 11.3 Å². The molecule has 1 heterocycles. The van der Waals surface area contributed by atoms with Crippen molar-refractivity contribution in [1.29, 1.82) is 0 Å². The van der Waals surface area contributed by atoms with Gasteiger partial charge in [0.25, 0.3) is 0 Å². The zero-order chi connectivity index (χ0) is 15.2. The van der Waals surface area contributed by atoms with E-state index in [9.17, 15) is 8.78 Å². The third-order valence-electron chi connectivity index (χ3n) is 3.06. The number of halogens is 3. The first-order valence-electron chi connectivity index (χ1n) is 6.59. The zero-order valence-electron chi connectivity index (χ0n) is 11.5. The Morgan fingerprint density at radius 2 is 2.05 bits per heavy atom. The number of rotatable bonds is 7. The SMILES string of the molecule is CCc1ccsc1CNCc1cc(Br)ccc1OC(F)F. The van der Waals surface area contributed by atoms with Gasteiger partial charge in [-0.1, -0.05) is 22.9 Å². The van der Waals surface area contributed by atoms with E-state index in [0.29, 0.717) is 12.1 Å². The summed E-state index contributed by atoms with van der Waals surface area (Å²) in [5.41, 5.74) is 2.03. The molecule has 0 atom stereocenters. The average molecular weight is 376 g/mol. The summed E-state index contributed by atoms with van der Waals surface area (Å²) in [5, 5.41) is 5.35. The van der Waals surface area contributed by atoms with Crippen molar-refractivity contribution in [3.8, 4) is 5.75 Å². The van der Waals surface area contributed by atoms with Crippen molar-refractivity contribution in [2.24, 2.45) is 0 Å². The highest BCUT2D eigenvalue weighted by atomic mass is 79.9. The van der Waals surface area contributed by atoms with Crippen molar-refractivity contribution in [2.75, 3.05) is 0 Å². The Morgan fingerprint density at radius 3 is 2.76 bits per heavy atom. The maximum Gasteiger partial charge on any atom is 0.387 e. The molecule has 0 bridgehead atoms. The van der Waals surface area contributed by atoms with Gasteiger partial charge in [-0.2, -0.15) is 8.78 Å². The number of hydrogen-bond acceptors (Lipinski definition) is 3. The molecular weight excluding hydrogens is 360 g/mol. The topological polar surface area (TPSA) is 21.3 Å². The van der Waals surface area contributed by atoms with Crippen LogP contribution < -0.4 is 10.1 Å². The van der Waals surface area contributed by atoms with Gasteiger partial charge in [0.2, 0.25) is 0 Å². The number of aryl methyl sites for hydroxylation is 1. The molecule has 1 aromatic heterocycles. The molecule has 2 aromatic rings. The third kappa shape index (κ3) is 4.76. The fourth-order valence-corrected chi connectivity index (χ4v) is 3.40. The second-order valence-electron chi connectivity index (χ2n) is 4.46. The summed E-state index contributed by atoms with van der Waals surface area (Å²) in [6.45, 7) is 0.507. The molecule has 21 heavy (non-hydrogen) atoms. The minimum Gasteiger partial charge on any atom is -0.434 e. The van der Waals surface area contributed by atoms with E-state index in [1.165, 1.54) is 10.4 Å². The summed E-state index contributed by atoms with van der Waals surface area (Å²) in [5.74, 6) is 0.211. The first-order chi connectivity index (χ1) is 10.1. The van der Waals surface area contributed by atoms with Gasteiger partial charge < -0.3 is 10.1 Å². The largest absolute Gasteiger partial charge is 0.434 e. The van der Waals surface area contributed by atoms with Crippen LogP contribution >= 0.6 is 27.3 Å². The number of thiophene rings is 1. The molecule has 0 radical (unpaired) electrons. The van der Waals surface area contributed by atoms with Crippen molar-refractivity contribution in [1.82, 2.24) is 5.32 Å². The Kier molecular flexibility index (Phi) is 6.14. The van der Waals surface area contributed by atoms with Gasteiger partial charge in [0.05, 0.1) is 0 Å². The molecule has 114 valence electrons. The van der Waals surface area contributed by atoms with Crippen LogP contribution in [0.2, 0.25) is 0 Å². The van der Waals surface area contributed by atoms with Gasteiger partial charge in [0, 0.05) is 28.0 Å². The van der Waals surface area contributed by atoms with E-state index in [4.69, 9.17) is 0 Å². The van der Waals surface area contributed by atoms with Crippen molar-refractivity contribution in [3.05, 3.63) is 50.1 Å². The first-order valence-corrected chi connectivity index (χ1v) is 8.26. The van der Waals surface area contributed by atoms with Crippen molar-refractivity contribution < 1.29 is 13.5 Å². The fourth-order valence-electron chi connectivity index (χ4n) is 2.04. The van der Waals surface area contributed by atoms with Gasteiger partial charge in [0.1, 0.15) is 5.75 Å². The molecule has 1 N–H and O–H groups in total. The number of ether oxygens (including phenoxy) is 1. The van der Waals surface area contributed by atoms with Crippen LogP contribution in [0.1, 0.15) is 22.9 Å². The van der Waals surface area contributed by atoms with E-state index in [1.807, 2.05) is 0 Å². The van der Waals surface area contributed by atoms with E-state index in [2.05, 4.69) is 44.4 Å². The van der Waals surface area contributed by atoms with E-state index in [-0.39, 0.29) is 5.75 Å². The molecule has 6 heteroatoms. The van der Waals surface area contributed by atoms with Gasteiger partial charge in [-0.25, -0.2) is 0 Å². The van der Waals surface area contributed by atoms with Crippen LogP contribution in [0.3, 0.4) is 0 Å². The Labute approximate surface area is 135 Å². The summed E-state index contributed by atoms with van der Waals surface area (Å²) >= 11 is 5.05.